The topological polar surface area (TPSA) is 102 Å². The average Bonchev–Trinajstić information content (AvgIpc) is 2.30. The summed E-state index contributed by atoms with van der Waals surface area (Å²) in [5.74, 6) is -1.56. The number of carbonyl (C=O) groups is 2. The molecule has 0 aliphatic rings. The predicted molar refractivity (Wildman–Crippen MR) is 57.6 cm³/mol. The van der Waals surface area contributed by atoms with Crippen molar-refractivity contribution in [1.29, 1.82) is 0 Å². The number of anilines is 1. The van der Waals surface area contributed by atoms with E-state index >= 15 is 0 Å². The van der Waals surface area contributed by atoms with Gasteiger partial charge in [-0.25, -0.2) is 4.79 Å². The van der Waals surface area contributed by atoms with Gasteiger partial charge in [-0.3, -0.25) is 0 Å². The van der Waals surface area contributed by atoms with Gasteiger partial charge in [0.25, 0.3) is 0 Å². The van der Waals surface area contributed by atoms with Crippen molar-refractivity contribution in [2.45, 2.75) is 13.0 Å². The molecule has 0 aromatic heterocycles. The van der Waals surface area contributed by atoms with Crippen molar-refractivity contribution < 1.29 is 44.3 Å². The molecule has 1 atom stereocenters. The number of para-hydroxylation sites is 1. The number of aliphatic carboxylic acids is 1. The molecule has 0 bridgehead atoms. The van der Waals surface area contributed by atoms with Crippen LogP contribution in [0, 0.1) is 4.91 Å². The fraction of sp³-hybridized carbons (Fsp3) is 0.200. The Balaban J connectivity index is 0.00000289. The summed E-state index contributed by atoms with van der Waals surface area (Å²) >= 11 is 0. The SMILES string of the molecule is C[C@@H](C(=O)[O-])N(N=O)C(=O)Nc1ccccc1.[Na+]. The number of rotatable bonds is 4. The van der Waals surface area contributed by atoms with Gasteiger partial charge in [0.2, 0.25) is 0 Å². The zero-order chi connectivity index (χ0) is 12.8. The van der Waals surface area contributed by atoms with Gasteiger partial charge in [-0.05, 0) is 19.1 Å². The maximum absolute atomic E-state index is 11.5. The predicted octanol–water partition coefficient (Wildman–Crippen LogP) is -2.66. The van der Waals surface area contributed by atoms with Gasteiger partial charge in [-0.15, -0.1) is 4.91 Å². The zero-order valence-electron chi connectivity index (χ0n) is 9.99. The molecule has 0 fully saturated rings. The van der Waals surface area contributed by atoms with Crippen LogP contribution in [0.3, 0.4) is 0 Å². The molecule has 2 amide bonds. The summed E-state index contributed by atoms with van der Waals surface area (Å²) in [4.78, 5) is 32.5. The molecule has 0 aliphatic carbocycles. The molecule has 7 nitrogen and oxygen atoms in total. The summed E-state index contributed by atoms with van der Waals surface area (Å²) in [6.45, 7) is 1.13. The Hall–Kier alpha value is -1.44. The van der Waals surface area contributed by atoms with Crippen LogP contribution in [0.2, 0.25) is 0 Å². The summed E-state index contributed by atoms with van der Waals surface area (Å²) in [5.41, 5.74) is 0.427. The number of hydrogen-bond donors (Lipinski definition) is 1. The number of amides is 2. The first-order valence-electron chi connectivity index (χ1n) is 4.75. The van der Waals surface area contributed by atoms with Crippen LogP contribution in [0.1, 0.15) is 6.92 Å². The van der Waals surface area contributed by atoms with Gasteiger partial charge in [0.15, 0.2) is 0 Å². The largest absolute Gasteiger partial charge is 1.00 e. The molecule has 1 N–H and O–H groups in total. The van der Waals surface area contributed by atoms with Gasteiger partial charge in [0.05, 0.1) is 17.3 Å². The van der Waals surface area contributed by atoms with E-state index in [-0.39, 0.29) is 34.6 Å². The Morgan fingerprint density at radius 2 is 1.89 bits per heavy atom. The monoisotopic (exact) mass is 259 g/mol. The van der Waals surface area contributed by atoms with E-state index in [4.69, 9.17) is 0 Å². The van der Waals surface area contributed by atoms with E-state index in [0.29, 0.717) is 5.69 Å². The molecule has 0 spiro atoms. The van der Waals surface area contributed by atoms with Crippen LogP contribution >= 0.6 is 0 Å². The van der Waals surface area contributed by atoms with Crippen LogP contribution in [0.5, 0.6) is 0 Å². The summed E-state index contributed by atoms with van der Waals surface area (Å²) in [6.07, 6.45) is 0. The normalized spacial score (nSPS) is 10.7. The Morgan fingerprint density at radius 1 is 1.33 bits per heavy atom. The van der Waals surface area contributed by atoms with Gasteiger partial charge in [0, 0.05) is 5.69 Å². The van der Waals surface area contributed by atoms with Crippen LogP contribution < -0.4 is 40.0 Å². The van der Waals surface area contributed by atoms with E-state index in [1.807, 2.05) is 0 Å². The first-order chi connectivity index (χ1) is 8.06. The first-order valence-corrected chi connectivity index (χ1v) is 4.75. The Morgan fingerprint density at radius 3 is 2.33 bits per heavy atom. The summed E-state index contributed by atoms with van der Waals surface area (Å²) in [6, 6.07) is 5.91. The number of carboxylic acid groups (broad SMARTS) is 1. The van der Waals surface area contributed by atoms with E-state index in [1.54, 1.807) is 30.3 Å². The minimum absolute atomic E-state index is 0. The second kappa shape index (κ2) is 7.80. The molecule has 0 aliphatic heterocycles. The number of urea groups is 1. The Bertz CT molecular complexity index is 426. The van der Waals surface area contributed by atoms with Gasteiger partial charge in [-0.2, -0.15) is 5.01 Å². The quantitative estimate of drug-likeness (QED) is 0.362. The van der Waals surface area contributed by atoms with Crippen LogP contribution in [0.15, 0.2) is 35.6 Å². The fourth-order valence-corrected chi connectivity index (χ4v) is 1.09. The van der Waals surface area contributed by atoms with Gasteiger partial charge >= 0.3 is 35.6 Å². The summed E-state index contributed by atoms with van der Waals surface area (Å²) in [7, 11) is 0. The molecule has 0 unspecified atom stereocenters. The number of nitroso groups, excluding NO2 is 1. The number of nitrogens with zero attached hydrogens (tertiary/aromatic N) is 2. The van der Waals surface area contributed by atoms with Crippen molar-refractivity contribution in [3.05, 3.63) is 35.2 Å². The molecule has 1 rings (SSSR count). The number of benzene rings is 1. The van der Waals surface area contributed by atoms with Crippen LogP contribution in [-0.4, -0.2) is 23.1 Å². The van der Waals surface area contributed by atoms with Gasteiger partial charge in [-0.1, -0.05) is 18.2 Å². The minimum Gasteiger partial charge on any atom is -0.548 e. The average molecular weight is 259 g/mol. The number of hydrogen-bond acceptors (Lipinski definition) is 5. The van der Waals surface area contributed by atoms with Crippen molar-refractivity contribution in [1.82, 2.24) is 5.01 Å². The second-order valence-corrected chi connectivity index (χ2v) is 3.22. The maximum Gasteiger partial charge on any atom is 1.00 e. The molecule has 0 heterocycles. The molecule has 90 valence electrons. The molecule has 1 aromatic rings. The first kappa shape index (κ1) is 16.6. The molecule has 18 heavy (non-hydrogen) atoms. The summed E-state index contributed by atoms with van der Waals surface area (Å²) in [5, 5.41) is 15.5. The molecule has 0 saturated heterocycles. The molecule has 8 heteroatoms. The third-order valence-corrected chi connectivity index (χ3v) is 2.03. The molecular weight excluding hydrogens is 249 g/mol. The molecule has 0 saturated carbocycles. The van der Waals surface area contributed by atoms with Crippen molar-refractivity contribution in [3.8, 4) is 0 Å². The van der Waals surface area contributed by atoms with Crippen molar-refractivity contribution in [3.63, 3.8) is 0 Å². The third kappa shape index (κ3) is 4.44. The van der Waals surface area contributed by atoms with Crippen LogP contribution in [0.4, 0.5) is 10.5 Å². The van der Waals surface area contributed by atoms with Crippen LogP contribution in [0.25, 0.3) is 0 Å². The number of carboxylic acids is 1. The molecular formula is C10H10N3NaO4. The third-order valence-electron chi connectivity index (χ3n) is 2.03. The van der Waals surface area contributed by atoms with Gasteiger partial charge in [0.1, 0.15) is 0 Å². The van der Waals surface area contributed by atoms with E-state index in [9.17, 15) is 19.6 Å². The number of carbonyl (C=O) groups excluding carboxylic acids is 2. The van der Waals surface area contributed by atoms with Crippen molar-refractivity contribution in [2.75, 3.05) is 5.32 Å². The minimum atomic E-state index is -1.56. The maximum atomic E-state index is 11.5. The van der Waals surface area contributed by atoms with Crippen molar-refractivity contribution >= 4 is 17.7 Å². The Kier molecular flexibility index (Phi) is 7.18. The zero-order valence-corrected chi connectivity index (χ0v) is 12.0. The standard InChI is InChI=1S/C10H11N3O4.Na/c1-7(9(14)15)13(12-17)10(16)11-8-5-3-2-4-6-8;/h2-7H,1H3,(H,11,16)(H,14,15);/q;+1/p-1/t7-;/m0./s1. The van der Waals surface area contributed by atoms with E-state index < -0.39 is 18.0 Å². The Labute approximate surface area is 125 Å². The van der Waals surface area contributed by atoms with E-state index in [1.165, 1.54) is 0 Å². The van der Waals surface area contributed by atoms with Gasteiger partial charge < -0.3 is 15.2 Å². The smallest absolute Gasteiger partial charge is 0.548 e. The molecule has 0 radical (unpaired) electrons. The molecule has 1 aromatic carbocycles. The second-order valence-electron chi connectivity index (χ2n) is 3.22. The van der Waals surface area contributed by atoms with Crippen LogP contribution in [-0.2, 0) is 4.79 Å². The van der Waals surface area contributed by atoms with E-state index in [2.05, 4.69) is 10.6 Å². The fourth-order valence-electron chi connectivity index (χ4n) is 1.09. The van der Waals surface area contributed by atoms with Crippen molar-refractivity contribution in [2.24, 2.45) is 5.29 Å². The summed E-state index contributed by atoms with van der Waals surface area (Å²) < 4.78 is 0. The van der Waals surface area contributed by atoms with E-state index in [0.717, 1.165) is 6.92 Å². The number of nitrogens with one attached hydrogen (secondary N) is 1.